The van der Waals surface area contributed by atoms with Gasteiger partial charge in [-0.1, -0.05) is 24.3 Å². The second-order valence-electron chi connectivity index (χ2n) is 8.25. The molecular weight excluding hydrogens is 446 g/mol. The number of anilines is 1. The van der Waals surface area contributed by atoms with Crippen molar-refractivity contribution in [2.24, 2.45) is 0 Å². The van der Waals surface area contributed by atoms with E-state index in [0.29, 0.717) is 10.9 Å². The van der Waals surface area contributed by atoms with E-state index in [4.69, 9.17) is 0 Å². The summed E-state index contributed by atoms with van der Waals surface area (Å²) in [4.78, 5) is 2.93. The standard InChI is InChI=1S/C24H22F2N4O2S/c1-15(18-9-4-7-16-6-2-3-8-19(16)18)30-21-13-20(25)22(12-17(21)14-27-30)33(31,32)29-24-11-5-10-23(26)28-24/h4-5,7,9-15H,2-3,6,8H2,1H3,(H,28,29)/t15-/m1/s1. The minimum Gasteiger partial charge on any atom is -0.263 e. The van der Waals surface area contributed by atoms with E-state index in [1.165, 1.54) is 48.0 Å². The molecule has 9 heteroatoms. The van der Waals surface area contributed by atoms with Gasteiger partial charge in [0.2, 0.25) is 5.95 Å². The van der Waals surface area contributed by atoms with Crippen molar-refractivity contribution in [1.82, 2.24) is 14.8 Å². The van der Waals surface area contributed by atoms with E-state index in [9.17, 15) is 12.8 Å². The van der Waals surface area contributed by atoms with Crippen LogP contribution in [0.25, 0.3) is 10.9 Å². The second-order valence-corrected chi connectivity index (χ2v) is 9.90. The molecule has 0 fully saturated rings. The van der Waals surface area contributed by atoms with E-state index >= 15 is 4.39 Å². The molecule has 0 aliphatic heterocycles. The molecule has 0 bridgehead atoms. The van der Waals surface area contributed by atoms with Crippen LogP contribution in [0.2, 0.25) is 0 Å². The van der Waals surface area contributed by atoms with E-state index in [1.54, 1.807) is 4.68 Å². The van der Waals surface area contributed by atoms with Crippen molar-refractivity contribution < 1.29 is 17.2 Å². The Morgan fingerprint density at radius 2 is 1.85 bits per heavy atom. The lowest BCUT2D eigenvalue weighted by molar-refractivity contribution is 0.560. The van der Waals surface area contributed by atoms with Crippen molar-refractivity contribution in [3.63, 3.8) is 0 Å². The molecule has 2 aromatic carbocycles. The highest BCUT2D eigenvalue weighted by atomic mass is 32.2. The SMILES string of the molecule is C[C@H](c1cccc2c1CCCC2)n1ncc2cc(S(=O)(=O)Nc3cccc(F)n3)c(F)cc21. The summed E-state index contributed by atoms with van der Waals surface area (Å²) in [6, 6.07) is 12.2. The van der Waals surface area contributed by atoms with Crippen LogP contribution in [0.15, 0.2) is 59.6 Å². The minimum atomic E-state index is -4.32. The first-order chi connectivity index (χ1) is 15.8. The molecule has 0 saturated heterocycles. The van der Waals surface area contributed by atoms with Gasteiger partial charge in [0.15, 0.2) is 0 Å². The van der Waals surface area contributed by atoms with Crippen molar-refractivity contribution in [2.45, 2.75) is 43.5 Å². The van der Waals surface area contributed by atoms with Gasteiger partial charge < -0.3 is 0 Å². The third-order valence-corrected chi connectivity index (χ3v) is 7.51. The molecule has 170 valence electrons. The van der Waals surface area contributed by atoms with Crippen LogP contribution in [0.3, 0.4) is 0 Å². The third kappa shape index (κ3) is 3.97. The highest BCUT2D eigenvalue weighted by Gasteiger charge is 2.24. The summed E-state index contributed by atoms with van der Waals surface area (Å²) in [5.41, 5.74) is 4.31. The molecule has 1 atom stereocenters. The van der Waals surface area contributed by atoms with Gasteiger partial charge >= 0.3 is 0 Å². The molecule has 5 rings (SSSR count). The van der Waals surface area contributed by atoms with E-state index in [1.807, 2.05) is 13.0 Å². The average molecular weight is 469 g/mol. The molecule has 0 radical (unpaired) electrons. The number of nitrogens with zero attached hydrogens (tertiary/aromatic N) is 3. The number of aromatic nitrogens is 3. The Hall–Kier alpha value is -3.33. The summed E-state index contributed by atoms with van der Waals surface area (Å²) in [5, 5.41) is 4.94. The Labute approximate surface area is 190 Å². The van der Waals surface area contributed by atoms with Gasteiger partial charge in [0.05, 0.1) is 17.8 Å². The number of hydrogen-bond donors (Lipinski definition) is 1. The Bertz CT molecular complexity index is 1470. The van der Waals surface area contributed by atoms with E-state index in [-0.39, 0.29) is 11.9 Å². The maximum absolute atomic E-state index is 15.0. The van der Waals surface area contributed by atoms with Gasteiger partial charge in [-0.3, -0.25) is 9.40 Å². The Morgan fingerprint density at radius 3 is 2.67 bits per heavy atom. The van der Waals surface area contributed by atoms with Gasteiger partial charge in [-0.05, 0) is 67.5 Å². The number of pyridine rings is 1. The second kappa shape index (κ2) is 8.22. The molecular formula is C24H22F2N4O2S. The van der Waals surface area contributed by atoms with Crippen LogP contribution in [-0.2, 0) is 22.9 Å². The van der Waals surface area contributed by atoms with Crippen molar-refractivity contribution in [2.75, 3.05) is 4.72 Å². The molecule has 0 saturated carbocycles. The molecule has 4 aromatic rings. The lowest BCUT2D eigenvalue weighted by atomic mass is 9.86. The number of fused-ring (bicyclic) bond motifs is 2. The first kappa shape index (κ1) is 21.5. The molecule has 1 aliphatic rings. The zero-order valence-electron chi connectivity index (χ0n) is 17.9. The van der Waals surface area contributed by atoms with Crippen molar-refractivity contribution in [1.29, 1.82) is 0 Å². The van der Waals surface area contributed by atoms with Gasteiger partial charge in [-0.15, -0.1) is 0 Å². The highest BCUT2D eigenvalue weighted by molar-refractivity contribution is 7.92. The van der Waals surface area contributed by atoms with Crippen molar-refractivity contribution in [3.05, 3.63) is 83.2 Å². The number of hydrogen-bond acceptors (Lipinski definition) is 4. The maximum atomic E-state index is 15.0. The Kier molecular flexibility index (Phi) is 5.36. The highest BCUT2D eigenvalue weighted by Crippen LogP contribution is 2.32. The minimum absolute atomic E-state index is 0.146. The fraction of sp³-hybridized carbons (Fsp3) is 0.250. The third-order valence-electron chi connectivity index (χ3n) is 6.14. The molecule has 0 unspecified atom stereocenters. The summed E-state index contributed by atoms with van der Waals surface area (Å²) in [6.45, 7) is 2.01. The molecule has 33 heavy (non-hydrogen) atoms. The fourth-order valence-electron chi connectivity index (χ4n) is 4.55. The predicted molar refractivity (Wildman–Crippen MR) is 122 cm³/mol. The first-order valence-electron chi connectivity index (χ1n) is 10.8. The number of rotatable bonds is 5. The van der Waals surface area contributed by atoms with Gasteiger partial charge in [-0.25, -0.2) is 17.8 Å². The lowest BCUT2D eigenvalue weighted by Crippen LogP contribution is -2.16. The molecule has 2 heterocycles. The monoisotopic (exact) mass is 468 g/mol. The van der Waals surface area contributed by atoms with Crippen LogP contribution in [0.5, 0.6) is 0 Å². The van der Waals surface area contributed by atoms with E-state index in [2.05, 4.69) is 26.9 Å². The topological polar surface area (TPSA) is 76.9 Å². The van der Waals surface area contributed by atoms with Crippen LogP contribution >= 0.6 is 0 Å². The van der Waals surface area contributed by atoms with E-state index in [0.717, 1.165) is 30.9 Å². The molecule has 0 spiro atoms. The van der Waals surface area contributed by atoms with Gasteiger partial charge in [-0.2, -0.15) is 9.49 Å². The van der Waals surface area contributed by atoms with Crippen LogP contribution in [-0.4, -0.2) is 23.2 Å². The molecule has 0 amide bonds. The normalized spacial score (nSPS) is 14.8. The van der Waals surface area contributed by atoms with Crippen molar-refractivity contribution in [3.8, 4) is 0 Å². The number of nitrogens with one attached hydrogen (secondary N) is 1. The summed E-state index contributed by atoms with van der Waals surface area (Å²) in [5.74, 6) is -1.99. The van der Waals surface area contributed by atoms with Gasteiger partial charge in [0.25, 0.3) is 10.0 Å². The number of aryl methyl sites for hydroxylation is 1. The van der Waals surface area contributed by atoms with Crippen molar-refractivity contribution >= 4 is 26.7 Å². The number of sulfonamides is 1. The smallest absolute Gasteiger partial charge is 0.263 e. The van der Waals surface area contributed by atoms with E-state index < -0.39 is 26.7 Å². The average Bonchev–Trinajstić information content (AvgIpc) is 3.20. The zero-order valence-corrected chi connectivity index (χ0v) is 18.7. The first-order valence-corrected chi connectivity index (χ1v) is 12.2. The zero-order chi connectivity index (χ0) is 23.2. The molecule has 1 aliphatic carbocycles. The summed E-state index contributed by atoms with van der Waals surface area (Å²) >= 11 is 0. The van der Waals surface area contributed by atoms with Crippen LogP contribution in [0.1, 0.15) is 42.5 Å². The Balaban J connectivity index is 1.53. The quantitative estimate of drug-likeness (QED) is 0.418. The van der Waals surface area contributed by atoms with Crippen LogP contribution in [0, 0.1) is 11.8 Å². The largest absolute Gasteiger partial charge is 0.265 e. The molecule has 6 nitrogen and oxygen atoms in total. The maximum Gasteiger partial charge on any atom is 0.265 e. The lowest BCUT2D eigenvalue weighted by Gasteiger charge is -2.23. The van der Waals surface area contributed by atoms with Crippen LogP contribution < -0.4 is 4.72 Å². The predicted octanol–water partition coefficient (Wildman–Crippen LogP) is 5.00. The van der Waals surface area contributed by atoms with Gasteiger partial charge in [0, 0.05) is 11.5 Å². The number of benzene rings is 2. The van der Waals surface area contributed by atoms with Gasteiger partial charge in [0.1, 0.15) is 16.5 Å². The van der Waals surface area contributed by atoms with Crippen LogP contribution in [0.4, 0.5) is 14.6 Å². The molecule has 2 aromatic heterocycles. The summed E-state index contributed by atoms with van der Waals surface area (Å²) < 4.78 is 57.7. The fourth-order valence-corrected chi connectivity index (χ4v) is 5.65. The molecule has 1 N–H and O–H groups in total. The number of halogens is 2. The summed E-state index contributed by atoms with van der Waals surface area (Å²) in [6.07, 6.45) is 5.90. The Morgan fingerprint density at radius 1 is 1.06 bits per heavy atom. The summed E-state index contributed by atoms with van der Waals surface area (Å²) in [7, 11) is -4.32.